The Bertz CT molecular complexity index is 297. The topological polar surface area (TPSA) is 53.6 Å². The third-order valence-electron chi connectivity index (χ3n) is 4.77. The van der Waals surface area contributed by atoms with Crippen molar-refractivity contribution in [2.45, 2.75) is 44.7 Å². The Balaban J connectivity index is 1.70. The highest BCUT2D eigenvalue weighted by atomic mass is 16.5. The molecule has 2 atom stereocenters. The van der Waals surface area contributed by atoms with E-state index in [0.717, 1.165) is 25.0 Å². The predicted molar refractivity (Wildman–Crippen MR) is 79.7 cm³/mol. The number of methoxy groups -OCH3 is 1. The molecule has 0 radical (unpaired) electrons. The second kappa shape index (κ2) is 7.96. The van der Waals surface area contributed by atoms with Gasteiger partial charge in [-0.3, -0.25) is 9.69 Å². The Morgan fingerprint density at radius 2 is 2.15 bits per heavy atom. The summed E-state index contributed by atoms with van der Waals surface area (Å²) in [5.74, 6) is 0.928. The average Bonchev–Trinajstić information content (AvgIpc) is 3.01. The van der Waals surface area contributed by atoms with Crippen LogP contribution in [0.5, 0.6) is 0 Å². The van der Waals surface area contributed by atoms with Gasteiger partial charge in [0.15, 0.2) is 0 Å². The molecule has 5 nitrogen and oxygen atoms in total. The number of hydrogen-bond acceptors (Lipinski definition) is 4. The normalized spacial score (nSPS) is 26.6. The van der Waals surface area contributed by atoms with Crippen molar-refractivity contribution in [2.24, 2.45) is 5.92 Å². The highest BCUT2D eigenvalue weighted by Gasteiger charge is 2.31. The summed E-state index contributed by atoms with van der Waals surface area (Å²) >= 11 is 0. The van der Waals surface area contributed by atoms with E-state index in [4.69, 9.17) is 4.74 Å². The van der Waals surface area contributed by atoms with E-state index in [9.17, 15) is 4.79 Å². The van der Waals surface area contributed by atoms with E-state index in [-0.39, 0.29) is 11.9 Å². The van der Waals surface area contributed by atoms with E-state index >= 15 is 0 Å². The number of likely N-dealkylation sites (tertiary alicyclic amines) is 1. The lowest BCUT2D eigenvalue weighted by atomic mass is 9.88. The van der Waals surface area contributed by atoms with Gasteiger partial charge in [0.25, 0.3) is 0 Å². The Morgan fingerprint density at radius 3 is 2.75 bits per heavy atom. The van der Waals surface area contributed by atoms with Crippen LogP contribution in [0.2, 0.25) is 0 Å². The highest BCUT2D eigenvalue weighted by Crippen LogP contribution is 2.26. The minimum Gasteiger partial charge on any atom is -0.383 e. The largest absolute Gasteiger partial charge is 0.383 e. The second-order valence-corrected chi connectivity index (χ2v) is 6.04. The molecule has 0 aliphatic carbocycles. The van der Waals surface area contributed by atoms with Crippen molar-refractivity contribution < 1.29 is 9.53 Å². The molecule has 5 heteroatoms. The van der Waals surface area contributed by atoms with Crippen LogP contribution in [-0.4, -0.2) is 62.8 Å². The number of hydrogen-bond donors (Lipinski definition) is 2. The van der Waals surface area contributed by atoms with Crippen molar-refractivity contribution in [1.82, 2.24) is 15.5 Å². The van der Waals surface area contributed by atoms with Crippen molar-refractivity contribution in [3.8, 4) is 0 Å². The van der Waals surface area contributed by atoms with Crippen LogP contribution >= 0.6 is 0 Å². The molecule has 1 amide bonds. The van der Waals surface area contributed by atoms with E-state index in [0.29, 0.717) is 13.2 Å². The molecule has 2 N–H and O–H groups in total. The lowest BCUT2D eigenvalue weighted by Crippen LogP contribution is -2.50. The molecule has 0 spiro atoms. The van der Waals surface area contributed by atoms with Crippen molar-refractivity contribution in [3.63, 3.8) is 0 Å². The van der Waals surface area contributed by atoms with Gasteiger partial charge in [0.2, 0.25) is 5.91 Å². The number of nitrogens with one attached hydrogen (secondary N) is 2. The Hall–Kier alpha value is -0.650. The number of carbonyl (C=O) groups excluding carboxylic acids is 1. The quantitative estimate of drug-likeness (QED) is 0.701. The SMILES string of the molecule is COCCNC(=O)C(C)N1CCC(C2CCCN2)CC1. The number of nitrogens with zero attached hydrogens (tertiary/aromatic N) is 1. The van der Waals surface area contributed by atoms with Gasteiger partial charge in [0.05, 0.1) is 12.6 Å². The fourth-order valence-electron chi connectivity index (χ4n) is 3.41. The maximum atomic E-state index is 12.0. The molecule has 2 fully saturated rings. The smallest absolute Gasteiger partial charge is 0.237 e. The van der Waals surface area contributed by atoms with Crippen LogP contribution in [0.3, 0.4) is 0 Å². The van der Waals surface area contributed by atoms with Crippen molar-refractivity contribution >= 4 is 5.91 Å². The summed E-state index contributed by atoms with van der Waals surface area (Å²) in [6.45, 7) is 6.46. The second-order valence-electron chi connectivity index (χ2n) is 6.04. The molecule has 2 heterocycles. The first-order valence-corrected chi connectivity index (χ1v) is 7.96. The summed E-state index contributed by atoms with van der Waals surface area (Å²) in [6.07, 6.45) is 5.08. The van der Waals surface area contributed by atoms with Crippen LogP contribution < -0.4 is 10.6 Å². The lowest BCUT2D eigenvalue weighted by molar-refractivity contribution is -0.126. The van der Waals surface area contributed by atoms with E-state index in [1.54, 1.807) is 7.11 Å². The van der Waals surface area contributed by atoms with Gasteiger partial charge in [-0.25, -0.2) is 0 Å². The number of ether oxygens (including phenoxy) is 1. The first-order valence-electron chi connectivity index (χ1n) is 7.96. The molecular formula is C15H29N3O2. The van der Waals surface area contributed by atoms with Crippen LogP contribution in [0.15, 0.2) is 0 Å². The van der Waals surface area contributed by atoms with Gasteiger partial charge in [-0.05, 0) is 58.2 Å². The maximum absolute atomic E-state index is 12.0. The standard InChI is InChI=1S/C15H29N3O2/c1-12(15(19)17-8-11-20-2)18-9-5-13(6-10-18)14-4-3-7-16-14/h12-14,16H,3-11H2,1-2H3,(H,17,19). The zero-order valence-corrected chi connectivity index (χ0v) is 12.9. The van der Waals surface area contributed by atoms with Crippen molar-refractivity contribution in [1.29, 1.82) is 0 Å². The molecule has 0 bridgehead atoms. The van der Waals surface area contributed by atoms with E-state index in [1.165, 1.54) is 32.2 Å². The monoisotopic (exact) mass is 283 g/mol. The molecule has 2 rings (SSSR count). The van der Waals surface area contributed by atoms with Gasteiger partial charge in [-0.1, -0.05) is 0 Å². The lowest BCUT2D eigenvalue weighted by Gasteiger charge is -2.37. The minimum atomic E-state index is -0.0238. The molecule has 20 heavy (non-hydrogen) atoms. The van der Waals surface area contributed by atoms with Crippen LogP contribution in [0.4, 0.5) is 0 Å². The summed E-state index contributed by atoms with van der Waals surface area (Å²) in [7, 11) is 1.65. The maximum Gasteiger partial charge on any atom is 0.237 e. The molecule has 0 saturated carbocycles. The molecule has 2 unspecified atom stereocenters. The first-order chi connectivity index (χ1) is 9.72. The molecular weight excluding hydrogens is 254 g/mol. The molecule has 116 valence electrons. The number of rotatable bonds is 6. The Kier molecular flexibility index (Phi) is 6.26. The van der Waals surface area contributed by atoms with Crippen LogP contribution in [0.25, 0.3) is 0 Å². The van der Waals surface area contributed by atoms with Crippen LogP contribution in [-0.2, 0) is 9.53 Å². The summed E-state index contributed by atoms with van der Waals surface area (Å²) in [6, 6.07) is 0.701. The zero-order valence-electron chi connectivity index (χ0n) is 12.9. The third kappa shape index (κ3) is 4.17. The number of amides is 1. The van der Waals surface area contributed by atoms with Gasteiger partial charge < -0.3 is 15.4 Å². The molecule has 0 aromatic heterocycles. The van der Waals surface area contributed by atoms with Gasteiger partial charge in [-0.2, -0.15) is 0 Å². The van der Waals surface area contributed by atoms with Gasteiger partial charge in [0, 0.05) is 19.7 Å². The zero-order chi connectivity index (χ0) is 14.4. The fraction of sp³-hybridized carbons (Fsp3) is 0.933. The van der Waals surface area contributed by atoms with Gasteiger partial charge in [0.1, 0.15) is 0 Å². The van der Waals surface area contributed by atoms with E-state index < -0.39 is 0 Å². The summed E-state index contributed by atoms with van der Waals surface area (Å²) in [4.78, 5) is 14.3. The van der Waals surface area contributed by atoms with Gasteiger partial charge >= 0.3 is 0 Å². The van der Waals surface area contributed by atoms with Gasteiger partial charge in [-0.15, -0.1) is 0 Å². The number of carbonyl (C=O) groups is 1. The Labute approximate surface area is 122 Å². The highest BCUT2D eigenvalue weighted by molar-refractivity contribution is 5.81. The van der Waals surface area contributed by atoms with Crippen molar-refractivity contribution in [3.05, 3.63) is 0 Å². The fourth-order valence-corrected chi connectivity index (χ4v) is 3.41. The summed E-state index contributed by atoms with van der Waals surface area (Å²) < 4.78 is 4.95. The summed E-state index contributed by atoms with van der Waals surface area (Å²) in [5, 5.41) is 6.54. The Morgan fingerprint density at radius 1 is 1.40 bits per heavy atom. The number of piperidine rings is 1. The molecule has 0 aromatic rings. The average molecular weight is 283 g/mol. The molecule has 0 aromatic carbocycles. The van der Waals surface area contributed by atoms with Crippen LogP contribution in [0.1, 0.15) is 32.6 Å². The summed E-state index contributed by atoms with van der Waals surface area (Å²) in [5.41, 5.74) is 0. The predicted octanol–water partition coefficient (Wildman–Crippen LogP) is 0.602. The first kappa shape index (κ1) is 15.7. The molecule has 2 aliphatic rings. The minimum absolute atomic E-state index is 0.0238. The van der Waals surface area contributed by atoms with Crippen molar-refractivity contribution in [2.75, 3.05) is 39.9 Å². The molecule has 2 aliphatic heterocycles. The van der Waals surface area contributed by atoms with E-state index in [2.05, 4.69) is 15.5 Å². The third-order valence-corrected chi connectivity index (χ3v) is 4.77. The van der Waals surface area contributed by atoms with Crippen LogP contribution in [0, 0.1) is 5.92 Å². The molecule has 2 saturated heterocycles. The van der Waals surface area contributed by atoms with E-state index in [1.807, 2.05) is 6.92 Å².